The van der Waals surface area contributed by atoms with Gasteiger partial charge < -0.3 is 20.5 Å². The fraction of sp³-hybridized carbons (Fsp3) is 0.0952. The zero-order valence-electron chi connectivity index (χ0n) is 32.0. The number of carbonyl (C=O) groups excluding carboxylic acids is 2. The molecule has 0 aliphatic carbocycles. The van der Waals surface area contributed by atoms with E-state index in [2.05, 4.69) is 30.8 Å². The molecule has 0 spiro atoms. The van der Waals surface area contributed by atoms with Crippen molar-refractivity contribution in [2.75, 3.05) is 24.9 Å². The quantitative estimate of drug-likeness (QED) is 0.188. The molecule has 0 atom stereocenters. The number of amides is 2. The molecular weight excluding hydrogens is 810 g/mol. The molecule has 16 heteroatoms. The van der Waals surface area contributed by atoms with Crippen molar-refractivity contribution in [1.82, 2.24) is 29.5 Å². The van der Waals surface area contributed by atoms with E-state index < -0.39 is 0 Å². The van der Waals surface area contributed by atoms with Crippen LogP contribution in [0.15, 0.2) is 122 Å². The Morgan fingerprint density at radius 3 is 1.45 bits per heavy atom. The van der Waals surface area contributed by atoms with Crippen LogP contribution in [0.1, 0.15) is 32.1 Å². The molecule has 4 aromatic carbocycles. The molecular formula is C42H34Cl3N8NaO4. The number of benzene rings is 4. The van der Waals surface area contributed by atoms with Crippen LogP contribution >= 0.6 is 34.8 Å². The number of fused-ring (bicyclic) bond motifs is 2. The summed E-state index contributed by atoms with van der Waals surface area (Å²) >= 11 is 18.3. The predicted molar refractivity (Wildman–Crippen MR) is 224 cm³/mol. The minimum atomic E-state index is -0.344. The van der Waals surface area contributed by atoms with Crippen LogP contribution < -0.4 is 50.0 Å². The van der Waals surface area contributed by atoms with E-state index >= 15 is 0 Å². The van der Waals surface area contributed by atoms with Crippen LogP contribution in [-0.2, 0) is 0 Å². The molecule has 2 N–H and O–H groups in total. The Balaban J connectivity index is 0.000000209. The Morgan fingerprint density at radius 1 is 0.603 bits per heavy atom. The number of halogens is 3. The third-order valence-corrected chi connectivity index (χ3v) is 9.43. The van der Waals surface area contributed by atoms with Crippen molar-refractivity contribution >= 4 is 80.1 Å². The summed E-state index contributed by atoms with van der Waals surface area (Å²) in [7, 11) is 2.28. The molecule has 0 saturated carbocycles. The van der Waals surface area contributed by atoms with E-state index in [0.717, 1.165) is 24.2 Å². The molecule has 58 heavy (non-hydrogen) atoms. The average Bonchev–Trinajstić information content (AvgIpc) is 3.77. The third kappa shape index (κ3) is 9.52. The van der Waals surface area contributed by atoms with Gasteiger partial charge in [-0.2, -0.15) is 17.3 Å². The summed E-state index contributed by atoms with van der Waals surface area (Å²) in [6.07, 6.45) is 2.98. The largest absolute Gasteiger partial charge is 1.00 e. The van der Waals surface area contributed by atoms with Crippen molar-refractivity contribution < 1.29 is 49.0 Å². The Hall–Kier alpha value is -5.31. The van der Waals surface area contributed by atoms with Crippen molar-refractivity contribution in [1.29, 1.82) is 0 Å². The zero-order chi connectivity index (χ0) is 40.6. The van der Waals surface area contributed by atoms with E-state index in [9.17, 15) is 9.59 Å². The fourth-order valence-electron chi connectivity index (χ4n) is 5.92. The number of ether oxygens (including phenoxy) is 1. The molecule has 0 aliphatic rings. The first kappa shape index (κ1) is 43.8. The molecule has 12 nitrogen and oxygen atoms in total. The van der Waals surface area contributed by atoms with Crippen LogP contribution in [0.4, 0.5) is 11.4 Å². The maximum Gasteiger partial charge on any atom is 1.00 e. The van der Waals surface area contributed by atoms with Crippen molar-refractivity contribution in [2.45, 2.75) is 13.8 Å². The fourth-order valence-corrected chi connectivity index (χ4v) is 6.53. The van der Waals surface area contributed by atoms with Crippen LogP contribution in [0.5, 0.6) is 5.75 Å². The zero-order valence-corrected chi connectivity index (χ0v) is 36.3. The summed E-state index contributed by atoms with van der Waals surface area (Å²) in [6, 6.07) is 33.1. The summed E-state index contributed by atoms with van der Waals surface area (Å²) in [5.74, 6) is -0.222. The molecule has 4 heterocycles. The number of methoxy groups -OCH3 is 1. The van der Waals surface area contributed by atoms with E-state index in [1.807, 2.05) is 74.5 Å². The van der Waals surface area contributed by atoms with Gasteiger partial charge >= 0.3 is 29.6 Å². The van der Waals surface area contributed by atoms with Crippen molar-refractivity contribution in [3.63, 3.8) is 0 Å². The van der Waals surface area contributed by atoms with E-state index in [4.69, 9.17) is 44.6 Å². The van der Waals surface area contributed by atoms with Crippen LogP contribution in [0.3, 0.4) is 0 Å². The summed E-state index contributed by atoms with van der Waals surface area (Å²) < 4.78 is 9.06. The summed E-state index contributed by atoms with van der Waals surface area (Å²) in [6.45, 7) is 3.71. The molecule has 0 bridgehead atoms. The maximum atomic E-state index is 12.8. The number of anilines is 2. The molecule has 288 valence electrons. The Bertz CT molecular complexity index is 2680. The predicted octanol–water partition coefficient (Wildman–Crippen LogP) is 5.91. The number of aromatic nitrogens is 6. The molecule has 0 aliphatic heterocycles. The Morgan fingerprint density at radius 2 is 1.00 bits per heavy atom. The van der Waals surface area contributed by atoms with E-state index in [1.54, 1.807) is 57.9 Å². The maximum absolute atomic E-state index is 12.8. The van der Waals surface area contributed by atoms with Gasteiger partial charge in [0, 0.05) is 33.8 Å². The molecule has 0 unspecified atom stereocenters. The number of hydrogen-bond donors (Lipinski definition) is 2. The smallest absolute Gasteiger partial charge is 0.857 e. The van der Waals surface area contributed by atoms with E-state index in [1.165, 1.54) is 19.5 Å². The van der Waals surface area contributed by atoms with E-state index in [0.29, 0.717) is 65.5 Å². The van der Waals surface area contributed by atoms with Crippen LogP contribution in [-0.4, -0.2) is 55.6 Å². The van der Waals surface area contributed by atoms with Gasteiger partial charge in [0.25, 0.3) is 11.8 Å². The first-order valence-corrected chi connectivity index (χ1v) is 18.4. The summed E-state index contributed by atoms with van der Waals surface area (Å²) in [5.41, 5.74) is 6.29. The van der Waals surface area contributed by atoms with Crippen LogP contribution in [0.2, 0.25) is 15.1 Å². The molecule has 0 saturated heterocycles. The molecule has 2 amide bonds. The third-order valence-electron chi connectivity index (χ3n) is 8.53. The number of nitrogens with one attached hydrogen (secondary N) is 2. The second kappa shape index (κ2) is 19.9. The number of aryl methyl sites for hydroxylation is 2. The van der Waals surface area contributed by atoms with E-state index in [-0.39, 0.29) is 46.9 Å². The monoisotopic (exact) mass is 842 g/mol. The standard InChI is InChI=1S/C21H17ClN4O2.C20H14Cl2N4O.CH3O.Na/c1-13-18-19(28-2)17(21(27)24-15-10-8-14(22)9-11-15)12-23-20(18)26(25-13)16-6-4-3-5-7-16;1-12-17-18(22)16(20(27)24-14-9-7-13(21)8-10-14)11-23-19(17)26(25-12)15-5-3-2-4-6-15;1-2;/h3-12H,1-2H3,(H,24,27);2-11H,1H3,(H,24,27);1H3;/q;;-1;+1. The van der Waals surface area contributed by atoms with Gasteiger partial charge in [-0.1, -0.05) is 71.2 Å². The first-order chi connectivity index (χ1) is 27.6. The summed E-state index contributed by atoms with van der Waals surface area (Å²) in [4.78, 5) is 34.4. The van der Waals surface area contributed by atoms with Gasteiger partial charge in [-0.25, -0.2) is 19.3 Å². The molecule has 8 rings (SSSR count). The number of nitrogens with zero attached hydrogens (tertiary/aromatic N) is 6. The average molecular weight is 844 g/mol. The number of carbonyl (C=O) groups is 2. The molecule has 0 fully saturated rings. The second-order valence-corrected chi connectivity index (χ2v) is 13.4. The molecule has 0 radical (unpaired) electrons. The van der Waals surface area contributed by atoms with Crippen molar-refractivity contribution in [3.8, 4) is 17.1 Å². The van der Waals surface area contributed by atoms with Gasteiger partial charge in [-0.15, -0.1) is 0 Å². The van der Waals surface area contributed by atoms with Gasteiger partial charge in [-0.05, 0) is 86.6 Å². The minimum Gasteiger partial charge on any atom is -0.857 e. The van der Waals surface area contributed by atoms with Gasteiger partial charge in [0.05, 0.1) is 51.2 Å². The normalized spacial score (nSPS) is 10.4. The number of para-hydroxylation sites is 2. The number of rotatable bonds is 7. The topological polar surface area (TPSA) is 152 Å². The van der Waals surface area contributed by atoms with Crippen LogP contribution in [0, 0.1) is 13.8 Å². The van der Waals surface area contributed by atoms with Gasteiger partial charge in [-0.3, -0.25) is 9.59 Å². The minimum absolute atomic E-state index is 0. The Kier molecular flexibility index (Phi) is 15.0. The second-order valence-electron chi connectivity index (χ2n) is 12.2. The molecule has 4 aromatic heterocycles. The van der Waals surface area contributed by atoms with Crippen molar-refractivity contribution in [2.24, 2.45) is 0 Å². The van der Waals surface area contributed by atoms with Gasteiger partial charge in [0.1, 0.15) is 11.3 Å². The van der Waals surface area contributed by atoms with Crippen molar-refractivity contribution in [3.05, 3.63) is 159 Å². The number of hydrogen-bond acceptors (Lipinski definition) is 8. The van der Waals surface area contributed by atoms with Crippen LogP contribution in [0.25, 0.3) is 33.4 Å². The SMILES string of the molecule is COc1c(C(=O)Nc2ccc(Cl)cc2)cnc2c1c(C)nn2-c1ccccc1.C[O-].Cc1nn(-c2ccccc2)c2ncc(C(=O)Nc3ccc(Cl)cc3)c(Cl)c12.[Na+]. The summed E-state index contributed by atoms with van der Waals surface area (Å²) in [5, 5.41) is 25.9. The Labute approximate surface area is 371 Å². The first-order valence-electron chi connectivity index (χ1n) is 17.2. The van der Waals surface area contributed by atoms with Gasteiger partial charge in [0.15, 0.2) is 11.3 Å². The molecule has 8 aromatic rings. The van der Waals surface area contributed by atoms with Gasteiger partial charge in [0.2, 0.25) is 0 Å². The number of pyridine rings is 2.